The number of nitrogens with zero attached hydrogens (tertiary/aromatic N) is 4. The number of aromatic nitrogens is 2. The van der Waals surface area contributed by atoms with Crippen LogP contribution in [0.3, 0.4) is 0 Å². The van der Waals surface area contributed by atoms with Crippen molar-refractivity contribution in [1.29, 1.82) is 0 Å². The van der Waals surface area contributed by atoms with Crippen molar-refractivity contribution in [3.63, 3.8) is 0 Å². The first-order valence-corrected chi connectivity index (χ1v) is 9.58. The van der Waals surface area contributed by atoms with E-state index in [0.29, 0.717) is 42.0 Å². The molecule has 0 saturated heterocycles. The number of carbonyl (C=O) groups is 3. The van der Waals surface area contributed by atoms with Gasteiger partial charge in [-0.2, -0.15) is 4.39 Å². The minimum atomic E-state index is -0.652. The molecule has 0 fully saturated rings. The number of nitrogens with one attached hydrogen (secondary N) is 1. The summed E-state index contributed by atoms with van der Waals surface area (Å²) in [5.41, 5.74) is 2.24. The first kappa shape index (κ1) is 19.7. The van der Waals surface area contributed by atoms with Crippen LogP contribution in [-0.2, 0) is 14.4 Å². The van der Waals surface area contributed by atoms with Gasteiger partial charge < -0.3 is 10.2 Å². The Morgan fingerprint density at radius 2 is 1.80 bits per heavy atom. The maximum atomic E-state index is 13.0. The Bertz CT molecular complexity index is 1050. The molecule has 3 amide bonds. The van der Waals surface area contributed by atoms with Gasteiger partial charge in [-0.25, -0.2) is 9.97 Å². The van der Waals surface area contributed by atoms with Crippen LogP contribution in [0.15, 0.2) is 47.9 Å². The molecule has 1 N–H and O–H groups in total. The van der Waals surface area contributed by atoms with Crippen LogP contribution >= 0.6 is 0 Å². The molecule has 30 heavy (non-hydrogen) atoms. The molecule has 0 bridgehead atoms. The highest BCUT2D eigenvalue weighted by molar-refractivity contribution is 6.19. The molecule has 2 aromatic heterocycles. The third-order valence-corrected chi connectivity index (χ3v) is 5.39. The van der Waals surface area contributed by atoms with E-state index in [4.69, 9.17) is 0 Å². The Balaban J connectivity index is 1.48. The normalized spacial score (nSPS) is 17.3. The molecule has 9 heteroatoms. The number of carbonyl (C=O) groups excluding carboxylic acids is 3. The van der Waals surface area contributed by atoms with Crippen molar-refractivity contribution < 1.29 is 18.8 Å². The molecular weight excluding hydrogens is 389 g/mol. The summed E-state index contributed by atoms with van der Waals surface area (Å²) in [5.74, 6) is -1.20. The Labute approximate surface area is 172 Å². The number of hydrogen-bond donors (Lipinski definition) is 1. The van der Waals surface area contributed by atoms with Crippen molar-refractivity contribution in [1.82, 2.24) is 19.8 Å². The fourth-order valence-corrected chi connectivity index (χ4v) is 3.69. The van der Waals surface area contributed by atoms with Crippen LogP contribution < -0.4 is 5.32 Å². The molecule has 0 saturated carbocycles. The summed E-state index contributed by atoms with van der Waals surface area (Å²) < 4.78 is 13.0. The van der Waals surface area contributed by atoms with Gasteiger partial charge in [0.2, 0.25) is 11.9 Å². The molecule has 0 aliphatic carbocycles. The Hall–Kier alpha value is -3.62. The second-order valence-electron chi connectivity index (χ2n) is 7.26. The van der Waals surface area contributed by atoms with E-state index in [-0.39, 0.29) is 17.7 Å². The highest BCUT2D eigenvalue weighted by Crippen LogP contribution is 2.32. The van der Waals surface area contributed by atoms with Gasteiger partial charge in [0.1, 0.15) is 17.6 Å². The third kappa shape index (κ3) is 3.42. The Morgan fingerprint density at radius 1 is 1.10 bits per heavy atom. The fourth-order valence-electron chi connectivity index (χ4n) is 3.69. The zero-order valence-electron chi connectivity index (χ0n) is 16.6. The van der Waals surface area contributed by atoms with E-state index in [1.165, 1.54) is 19.3 Å². The Kier molecular flexibility index (Phi) is 5.03. The highest BCUT2D eigenvalue weighted by Gasteiger charge is 2.42. The predicted molar refractivity (Wildman–Crippen MR) is 106 cm³/mol. The number of hydrogen-bond acceptors (Lipinski definition) is 6. The number of pyridine rings is 2. The molecule has 8 nitrogen and oxygen atoms in total. The number of rotatable bonds is 4. The van der Waals surface area contributed by atoms with Gasteiger partial charge in [-0.15, -0.1) is 0 Å². The summed E-state index contributed by atoms with van der Waals surface area (Å²) >= 11 is 0. The van der Waals surface area contributed by atoms with E-state index >= 15 is 0 Å². The number of halogens is 1. The quantitative estimate of drug-likeness (QED) is 0.613. The van der Waals surface area contributed by atoms with E-state index < -0.39 is 12.0 Å². The molecular formula is C21H20FN5O3. The number of imide groups is 1. The van der Waals surface area contributed by atoms with Crippen molar-refractivity contribution in [2.45, 2.75) is 25.8 Å². The zero-order valence-corrected chi connectivity index (χ0v) is 16.6. The number of anilines is 1. The first-order chi connectivity index (χ1) is 14.4. The molecule has 0 radical (unpaired) electrons. The zero-order chi connectivity index (χ0) is 21.4. The van der Waals surface area contributed by atoms with Crippen molar-refractivity contribution in [3.05, 3.63) is 53.9 Å². The lowest BCUT2D eigenvalue weighted by Crippen LogP contribution is -2.45. The standard InChI is InChI=1S/C21H20FN5O3/c1-12(27-9-3-4-15-18(27)21(30)26(2)20(15)29)19(28)25-17-8-6-14(11-24-17)13-5-7-16(22)23-10-13/h5-8,10-12H,3-4,9H2,1-2H3,(H,24,25,28). The van der Waals surface area contributed by atoms with Gasteiger partial charge in [0, 0.05) is 42.7 Å². The molecule has 0 aromatic carbocycles. The molecule has 1 unspecified atom stereocenters. The van der Waals surface area contributed by atoms with Gasteiger partial charge in [-0.3, -0.25) is 19.3 Å². The molecule has 0 spiro atoms. The van der Waals surface area contributed by atoms with E-state index in [9.17, 15) is 18.8 Å². The van der Waals surface area contributed by atoms with Crippen LogP contribution in [0.25, 0.3) is 11.1 Å². The van der Waals surface area contributed by atoms with Crippen LogP contribution in [0.1, 0.15) is 19.8 Å². The first-order valence-electron chi connectivity index (χ1n) is 9.58. The maximum absolute atomic E-state index is 13.0. The number of amides is 3. The minimum Gasteiger partial charge on any atom is -0.355 e. The van der Waals surface area contributed by atoms with Gasteiger partial charge in [-0.1, -0.05) is 0 Å². The third-order valence-electron chi connectivity index (χ3n) is 5.39. The largest absolute Gasteiger partial charge is 0.355 e. The van der Waals surface area contributed by atoms with E-state index in [1.54, 1.807) is 36.2 Å². The molecule has 2 aliphatic heterocycles. The minimum absolute atomic E-state index is 0.292. The van der Waals surface area contributed by atoms with Gasteiger partial charge in [0.25, 0.3) is 11.8 Å². The lowest BCUT2D eigenvalue weighted by atomic mass is 10.0. The highest BCUT2D eigenvalue weighted by atomic mass is 19.1. The molecule has 2 aliphatic rings. The average molecular weight is 409 g/mol. The summed E-state index contributed by atoms with van der Waals surface area (Å²) in [4.78, 5) is 48.1. The van der Waals surface area contributed by atoms with Gasteiger partial charge in [0.05, 0.1) is 0 Å². The van der Waals surface area contributed by atoms with Crippen molar-refractivity contribution in [3.8, 4) is 11.1 Å². The summed E-state index contributed by atoms with van der Waals surface area (Å²) in [6.45, 7) is 2.21. The maximum Gasteiger partial charge on any atom is 0.277 e. The topological polar surface area (TPSA) is 95.5 Å². The second-order valence-corrected chi connectivity index (χ2v) is 7.26. The Morgan fingerprint density at radius 3 is 2.43 bits per heavy atom. The smallest absolute Gasteiger partial charge is 0.277 e. The predicted octanol–water partition coefficient (Wildman–Crippen LogP) is 1.96. The van der Waals surface area contributed by atoms with Gasteiger partial charge in [-0.05, 0) is 44.0 Å². The summed E-state index contributed by atoms with van der Waals surface area (Å²) in [6.07, 6.45) is 4.20. The fraction of sp³-hybridized carbons (Fsp3) is 0.286. The van der Waals surface area contributed by atoms with Crippen molar-refractivity contribution in [2.24, 2.45) is 0 Å². The average Bonchev–Trinajstić information content (AvgIpc) is 2.98. The van der Waals surface area contributed by atoms with Crippen molar-refractivity contribution >= 4 is 23.5 Å². The number of likely N-dealkylation sites (N-methyl/N-ethyl adjacent to an activating group) is 1. The molecule has 4 heterocycles. The summed E-state index contributed by atoms with van der Waals surface area (Å²) in [7, 11) is 1.45. The van der Waals surface area contributed by atoms with E-state index in [2.05, 4.69) is 15.3 Å². The van der Waals surface area contributed by atoms with Crippen LogP contribution in [-0.4, -0.2) is 57.1 Å². The van der Waals surface area contributed by atoms with Crippen LogP contribution in [0.5, 0.6) is 0 Å². The lowest BCUT2D eigenvalue weighted by Gasteiger charge is -2.33. The van der Waals surface area contributed by atoms with Crippen LogP contribution in [0.4, 0.5) is 10.2 Å². The van der Waals surface area contributed by atoms with E-state index in [0.717, 1.165) is 10.5 Å². The van der Waals surface area contributed by atoms with E-state index in [1.807, 2.05) is 0 Å². The van der Waals surface area contributed by atoms with Crippen LogP contribution in [0.2, 0.25) is 0 Å². The molecule has 1 atom stereocenters. The molecule has 4 rings (SSSR count). The van der Waals surface area contributed by atoms with Crippen LogP contribution in [0, 0.1) is 5.95 Å². The lowest BCUT2D eigenvalue weighted by molar-refractivity contribution is -0.136. The monoisotopic (exact) mass is 409 g/mol. The second kappa shape index (κ2) is 7.66. The summed E-state index contributed by atoms with van der Waals surface area (Å²) in [5, 5.41) is 2.74. The SMILES string of the molecule is CC(C(=O)Nc1ccc(-c2ccc(F)nc2)cn1)N1CCCC2=C1C(=O)N(C)C2=O. The van der Waals surface area contributed by atoms with Gasteiger partial charge >= 0.3 is 0 Å². The molecule has 154 valence electrons. The summed E-state index contributed by atoms with van der Waals surface area (Å²) in [6, 6.07) is 5.60. The van der Waals surface area contributed by atoms with Crippen molar-refractivity contribution in [2.75, 3.05) is 18.9 Å². The molecule has 2 aromatic rings. The van der Waals surface area contributed by atoms with Gasteiger partial charge in [0.15, 0.2) is 0 Å².